The lowest BCUT2D eigenvalue weighted by atomic mass is 9.94. The number of likely N-dealkylation sites (tertiary alicyclic amines) is 1. The number of nitrogens with one attached hydrogen (secondary N) is 2. The predicted octanol–water partition coefficient (Wildman–Crippen LogP) is 2.35. The van der Waals surface area contributed by atoms with Crippen LogP contribution in [0.5, 0.6) is 0 Å². The minimum atomic E-state index is -0.0516. The summed E-state index contributed by atoms with van der Waals surface area (Å²) in [6.07, 6.45) is 2.89. The second kappa shape index (κ2) is 8.16. The van der Waals surface area contributed by atoms with Crippen molar-refractivity contribution >= 4 is 6.03 Å². The van der Waals surface area contributed by atoms with Gasteiger partial charge in [-0.25, -0.2) is 4.79 Å². The zero-order chi connectivity index (χ0) is 17.6. The quantitative estimate of drug-likeness (QED) is 0.848. The molecule has 6 nitrogen and oxygen atoms in total. The van der Waals surface area contributed by atoms with E-state index in [2.05, 4.69) is 51.6 Å². The summed E-state index contributed by atoms with van der Waals surface area (Å²) in [5.74, 6) is 0.611. The van der Waals surface area contributed by atoms with Crippen molar-refractivity contribution in [1.82, 2.24) is 25.3 Å². The number of aromatic amines is 1. The maximum atomic E-state index is 12.1. The maximum Gasteiger partial charge on any atom is 0.317 e. The van der Waals surface area contributed by atoms with Gasteiger partial charge in [-0.05, 0) is 43.0 Å². The Morgan fingerprint density at radius 1 is 1.40 bits per heavy atom. The summed E-state index contributed by atoms with van der Waals surface area (Å²) in [5.41, 5.74) is 3.77. The van der Waals surface area contributed by atoms with Gasteiger partial charge in [0.05, 0.1) is 12.2 Å². The van der Waals surface area contributed by atoms with Crippen LogP contribution >= 0.6 is 0 Å². The molecule has 0 aliphatic carbocycles. The van der Waals surface area contributed by atoms with Crippen LogP contribution in [0, 0.1) is 6.92 Å². The topological polar surface area (TPSA) is 64.3 Å². The van der Waals surface area contributed by atoms with Crippen molar-refractivity contribution in [3.8, 4) is 0 Å². The Morgan fingerprint density at radius 2 is 2.24 bits per heavy atom. The van der Waals surface area contributed by atoms with Crippen LogP contribution in [0.3, 0.4) is 0 Å². The SMILES string of the molecule is Cc1ccccc1[C@H]1CCN(CCNC(=O)N(C)Cc2ccn[nH]2)C1. The standard InChI is InChI=1S/C19H27N5O/c1-15-5-3-4-6-18(15)16-8-11-24(13-16)12-10-20-19(25)23(2)14-17-7-9-21-22-17/h3-7,9,16H,8,10-14H2,1-2H3,(H,20,25)(H,21,22)/t16-/m0/s1. The molecular weight excluding hydrogens is 314 g/mol. The van der Waals surface area contributed by atoms with Crippen LogP contribution < -0.4 is 5.32 Å². The summed E-state index contributed by atoms with van der Waals surface area (Å²) < 4.78 is 0. The number of nitrogens with zero attached hydrogens (tertiary/aromatic N) is 3. The first-order chi connectivity index (χ1) is 12.1. The van der Waals surface area contributed by atoms with E-state index in [-0.39, 0.29) is 6.03 Å². The van der Waals surface area contributed by atoms with Crippen molar-refractivity contribution in [3.05, 3.63) is 53.3 Å². The molecule has 0 spiro atoms. The minimum absolute atomic E-state index is 0.0516. The smallest absolute Gasteiger partial charge is 0.317 e. The molecular formula is C19H27N5O. The summed E-state index contributed by atoms with van der Waals surface area (Å²) in [7, 11) is 1.79. The predicted molar refractivity (Wildman–Crippen MR) is 98.4 cm³/mol. The van der Waals surface area contributed by atoms with Gasteiger partial charge < -0.3 is 15.1 Å². The number of H-pyrrole nitrogens is 1. The highest BCUT2D eigenvalue weighted by Gasteiger charge is 2.24. The molecule has 25 heavy (non-hydrogen) atoms. The van der Waals surface area contributed by atoms with Gasteiger partial charge in [0, 0.05) is 32.9 Å². The lowest BCUT2D eigenvalue weighted by Crippen LogP contribution is -2.40. The highest BCUT2D eigenvalue weighted by molar-refractivity contribution is 5.73. The molecule has 1 atom stereocenters. The number of aryl methyl sites for hydroxylation is 1. The van der Waals surface area contributed by atoms with Gasteiger partial charge in [0.2, 0.25) is 0 Å². The first-order valence-electron chi connectivity index (χ1n) is 8.88. The molecule has 2 aromatic rings. The van der Waals surface area contributed by atoms with E-state index >= 15 is 0 Å². The van der Waals surface area contributed by atoms with Crippen LogP contribution in [0.2, 0.25) is 0 Å². The van der Waals surface area contributed by atoms with E-state index in [9.17, 15) is 4.79 Å². The molecule has 1 saturated heterocycles. The number of aromatic nitrogens is 2. The molecule has 6 heteroatoms. The number of carbonyl (C=O) groups excluding carboxylic acids is 1. The van der Waals surface area contributed by atoms with E-state index < -0.39 is 0 Å². The van der Waals surface area contributed by atoms with Crippen LogP contribution in [0.15, 0.2) is 36.5 Å². The fraction of sp³-hybridized carbons (Fsp3) is 0.474. The molecule has 1 aromatic carbocycles. The Labute approximate surface area is 149 Å². The van der Waals surface area contributed by atoms with Crippen molar-refractivity contribution in [2.24, 2.45) is 0 Å². The van der Waals surface area contributed by atoms with Crippen molar-refractivity contribution in [2.45, 2.75) is 25.8 Å². The second-order valence-corrected chi connectivity index (χ2v) is 6.81. The molecule has 2 heterocycles. The summed E-state index contributed by atoms with van der Waals surface area (Å²) in [6, 6.07) is 10.5. The first-order valence-corrected chi connectivity index (χ1v) is 8.88. The van der Waals surface area contributed by atoms with Gasteiger partial charge in [0.15, 0.2) is 0 Å². The molecule has 0 radical (unpaired) electrons. The van der Waals surface area contributed by atoms with Gasteiger partial charge in [-0.2, -0.15) is 5.10 Å². The Morgan fingerprint density at radius 3 is 3.00 bits per heavy atom. The van der Waals surface area contributed by atoms with Gasteiger partial charge >= 0.3 is 6.03 Å². The summed E-state index contributed by atoms with van der Waals surface area (Å²) in [5, 5.41) is 9.76. The fourth-order valence-corrected chi connectivity index (χ4v) is 3.49. The summed E-state index contributed by atoms with van der Waals surface area (Å²) in [6.45, 7) is 6.46. The third kappa shape index (κ3) is 4.60. The van der Waals surface area contributed by atoms with Crippen molar-refractivity contribution in [1.29, 1.82) is 0 Å². The number of urea groups is 1. The van der Waals surface area contributed by atoms with Crippen molar-refractivity contribution in [2.75, 3.05) is 33.2 Å². The molecule has 3 rings (SSSR count). The molecule has 134 valence electrons. The van der Waals surface area contributed by atoms with E-state index in [1.807, 2.05) is 6.07 Å². The van der Waals surface area contributed by atoms with E-state index in [4.69, 9.17) is 0 Å². The Kier molecular flexibility index (Phi) is 5.71. The number of carbonyl (C=O) groups is 1. The average Bonchev–Trinajstić information content (AvgIpc) is 3.27. The van der Waals surface area contributed by atoms with Crippen LogP contribution in [-0.2, 0) is 6.54 Å². The van der Waals surface area contributed by atoms with Crippen molar-refractivity contribution < 1.29 is 4.79 Å². The monoisotopic (exact) mass is 341 g/mol. The Hall–Kier alpha value is -2.34. The summed E-state index contributed by atoms with van der Waals surface area (Å²) >= 11 is 0. The fourth-order valence-electron chi connectivity index (χ4n) is 3.49. The lowest BCUT2D eigenvalue weighted by molar-refractivity contribution is 0.204. The second-order valence-electron chi connectivity index (χ2n) is 6.81. The third-order valence-electron chi connectivity index (χ3n) is 4.92. The minimum Gasteiger partial charge on any atom is -0.337 e. The van der Waals surface area contributed by atoms with E-state index in [1.54, 1.807) is 18.1 Å². The first kappa shape index (κ1) is 17.5. The summed E-state index contributed by atoms with van der Waals surface area (Å²) in [4.78, 5) is 16.2. The molecule has 1 fully saturated rings. The zero-order valence-corrected chi connectivity index (χ0v) is 15.0. The van der Waals surface area contributed by atoms with Crippen LogP contribution in [0.4, 0.5) is 4.79 Å². The number of benzene rings is 1. The highest BCUT2D eigenvalue weighted by atomic mass is 16.2. The molecule has 1 aliphatic rings. The molecule has 1 aliphatic heterocycles. The van der Waals surface area contributed by atoms with Gasteiger partial charge in [-0.15, -0.1) is 0 Å². The molecule has 0 bridgehead atoms. The Bertz CT molecular complexity index is 685. The largest absolute Gasteiger partial charge is 0.337 e. The van der Waals surface area contributed by atoms with Gasteiger partial charge in [0.1, 0.15) is 0 Å². The normalized spacial score (nSPS) is 17.6. The van der Waals surface area contributed by atoms with Crippen LogP contribution in [0.1, 0.15) is 29.2 Å². The number of amides is 2. The molecule has 2 N–H and O–H groups in total. The number of hydrogen-bond acceptors (Lipinski definition) is 3. The van der Waals surface area contributed by atoms with E-state index in [0.29, 0.717) is 19.0 Å². The molecule has 2 amide bonds. The number of rotatable bonds is 6. The lowest BCUT2D eigenvalue weighted by Gasteiger charge is -2.20. The van der Waals surface area contributed by atoms with Gasteiger partial charge in [0.25, 0.3) is 0 Å². The van der Waals surface area contributed by atoms with Gasteiger partial charge in [-0.3, -0.25) is 5.10 Å². The molecule has 0 unspecified atom stereocenters. The third-order valence-corrected chi connectivity index (χ3v) is 4.92. The molecule has 0 saturated carbocycles. The Balaban J connectivity index is 1.39. The maximum absolute atomic E-state index is 12.1. The molecule has 1 aromatic heterocycles. The van der Waals surface area contributed by atoms with E-state index in [1.165, 1.54) is 17.5 Å². The highest BCUT2D eigenvalue weighted by Crippen LogP contribution is 2.28. The van der Waals surface area contributed by atoms with Crippen LogP contribution in [0.25, 0.3) is 0 Å². The number of hydrogen-bond donors (Lipinski definition) is 2. The van der Waals surface area contributed by atoms with E-state index in [0.717, 1.165) is 25.3 Å². The van der Waals surface area contributed by atoms with Crippen molar-refractivity contribution in [3.63, 3.8) is 0 Å². The average molecular weight is 341 g/mol. The zero-order valence-electron chi connectivity index (χ0n) is 15.0. The van der Waals surface area contributed by atoms with Crippen LogP contribution in [-0.4, -0.2) is 59.3 Å². The van der Waals surface area contributed by atoms with Gasteiger partial charge in [-0.1, -0.05) is 24.3 Å².